The average molecular weight is 342 g/mol. The van der Waals surface area contributed by atoms with Gasteiger partial charge in [0.15, 0.2) is 0 Å². The smallest absolute Gasteiger partial charge is 0.319 e. The number of piperidine rings is 1. The summed E-state index contributed by atoms with van der Waals surface area (Å²) in [6.45, 7) is 2.52. The van der Waals surface area contributed by atoms with E-state index in [1.54, 1.807) is 41.0 Å². The van der Waals surface area contributed by atoms with E-state index < -0.39 is 0 Å². The Bertz CT molecular complexity index is 546. The van der Waals surface area contributed by atoms with E-state index in [4.69, 9.17) is 11.6 Å². The third kappa shape index (κ3) is 5.13. The van der Waals surface area contributed by atoms with E-state index in [9.17, 15) is 9.59 Å². The van der Waals surface area contributed by atoms with Gasteiger partial charge in [-0.25, -0.2) is 4.79 Å². The highest BCUT2D eigenvalue weighted by Gasteiger charge is 2.28. The highest BCUT2D eigenvalue weighted by atomic mass is 35.5. The molecule has 2 rings (SSSR count). The molecule has 0 aliphatic carbocycles. The van der Waals surface area contributed by atoms with E-state index in [0.717, 1.165) is 25.8 Å². The van der Waals surface area contributed by atoms with E-state index in [-0.39, 0.29) is 17.9 Å². The Morgan fingerprint density at radius 2 is 2.26 bits per heavy atom. The van der Waals surface area contributed by atoms with E-state index in [1.165, 1.54) is 0 Å². The summed E-state index contributed by atoms with van der Waals surface area (Å²) in [6.07, 6.45) is 5.84. The predicted octanol–water partition coefficient (Wildman–Crippen LogP) is 1.44. The highest BCUT2D eigenvalue weighted by Crippen LogP contribution is 2.17. The van der Waals surface area contributed by atoms with Crippen molar-refractivity contribution in [1.29, 1.82) is 0 Å². The average Bonchev–Trinajstić information content (AvgIpc) is 2.96. The van der Waals surface area contributed by atoms with Crippen LogP contribution in [0.5, 0.6) is 0 Å². The van der Waals surface area contributed by atoms with Gasteiger partial charge in [0.1, 0.15) is 0 Å². The molecule has 128 valence electrons. The SMILES string of the molecule is CN(C)C(=O)N1CCC[C@H](C(=O)NCCCn2cc(Cl)cn2)C1. The maximum Gasteiger partial charge on any atom is 0.319 e. The van der Waals surface area contributed by atoms with Crippen molar-refractivity contribution in [2.45, 2.75) is 25.8 Å². The number of nitrogens with zero attached hydrogens (tertiary/aromatic N) is 4. The molecule has 1 atom stereocenters. The van der Waals surface area contributed by atoms with Crippen LogP contribution in [0.2, 0.25) is 5.02 Å². The highest BCUT2D eigenvalue weighted by molar-refractivity contribution is 6.30. The molecule has 2 heterocycles. The standard InChI is InChI=1S/C15H24ClN5O2/c1-19(2)15(23)20-7-3-5-12(10-20)14(22)17-6-4-8-21-11-13(16)9-18-21/h9,11-12H,3-8,10H2,1-2H3,(H,17,22)/t12-/m0/s1. The van der Waals surface area contributed by atoms with Gasteiger partial charge in [0, 0.05) is 46.5 Å². The summed E-state index contributed by atoms with van der Waals surface area (Å²) in [5, 5.41) is 7.66. The largest absolute Gasteiger partial charge is 0.356 e. The van der Waals surface area contributed by atoms with Gasteiger partial charge in [-0.05, 0) is 19.3 Å². The summed E-state index contributed by atoms with van der Waals surface area (Å²) < 4.78 is 1.76. The fourth-order valence-corrected chi connectivity index (χ4v) is 2.86. The molecule has 23 heavy (non-hydrogen) atoms. The van der Waals surface area contributed by atoms with Crippen LogP contribution >= 0.6 is 11.6 Å². The van der Waals surface area contributed by atoms with E-state index in [0.29, 0.717) is 24.7 Å². The number of aryl methyl sites for hydroxylation is 1. The molecule has 0 aromatic carbocycles. The fourth-order valence-electron chi connectivity index (χ4n) is 2.71. The van der Waals surface area contributed by atoms with Crippen LogP contribution in [0.15, 0.2) is 12.4 Å². The summed E-state index contributed by atoms with van der Waals surface area (Å²) >= 11 is 5.80. The molecule has 3 amide bonds. The van der Waals surface area contributed by atoms with Crippen molar-refractivity contribution in [1.82, 2.24) is 24.9 Å². The molecular weight excluding hydrogens is 318 g/mol. The van der Waals surface area contributed by atoms with Crippen LogP contribution in [0.3, 0.4) is 0 Å². The summed E-state index contributed by atoms with van der Waals surface area (Å²) in [7, 11) is 3.46. The van der Waals surface area contributed by atoms with Gasteiger partial charge in [0.2, 0.25) is 5.91 Å². The first kappa shape index (κ1) is 17.6. The van der Waals surface area contributed by atoms with Crippen LogP contribution in [0.1, 0.15) is 19.3 Å². The summed E-state index contributed by atoms with van der Waals surface area (Å²) in [5.41, 5.74) is 0. The normalized spacial score (nSPS) is 17.9. The number of aromatic nitrogens is 2. The molecule has 0 spiro atoms. The van der Waals surface area contributed by atoms with Gasteiger partial charge < -0.3 is 15.1 Å². The lowest BCUT2D eigenvalue weighted by atomic mass is 9.97. The summed E-state index contributed by atoms with van der Waals surface area (Å²) in [5.74, 6) is -0.0912. The fraction of sp³-hybridized carbons (Fsp3) is 0.667. The molecule has 0 saturated carbocycles. The Hall–Kier alpha value is -1.76. The number of carbonyl (C=O) groups is 2. The van der Waals surface area contributed by atoms with Gasteiger partial charge >= 0.3 is 6.03 Å². The number of nitrogens with one attached hydrogen (secondary N) is 1. The van der Waals surface area contributed by atoms with Gasteiger partial charge in [-0.15, -0.1) is 0 Å². The molecule has 1 N–H and O–H groups in total. The molecule has 1 aliphatic heterocycles. The molecule has 1 aromatic rings. The van der Waals surface area contributed by atoms with Crippen molar-refractivity contribution in [3.8, 4) is 0 Å². The number of likely N-dealkylation sites (tertiary alicyclic amines) is 1. The molecule has 1 aliphatic rings. The van der Waals surface area contributed by atoms with Gasteiger partial charge in [0.05, 0.1) is 17.1 Å². The van der Waals surface area contributed by atoms with E-state index in [1.807, 2.05) is 0 Å². The van der Waals surface area contributed by atoms with Crippen LogP contribution < -0.4 is 5.32 Å². The van der Waals surface area contributed by atoms with Crippen molar-refractivity contribution in [2.24, 2.45) is 5.92 Å². The first-order valence-corrected chi connectivity index (χ1v) is 8.27. The number of carbonyl (C=O) groups excluding carboxylic acids is 2. The first-order valence-electron chi connectivity index (χ1n) is 7.89. The van der Waals surface area contributed by atoms with E-state index >= 15 is 0 Å². The summed E-state index contributed by atoms with van der Waals surface area (Å²) in [4.78, 5) is 27.5. The molecule has 8 heteroatoms. The molecule has 1 fully saturated rings. The second-order valence-corrected chi connectivity index (χ2v) is 6.46. The molecule has 7 nitrogen and oxygen atoms in total. The number of amides is 3. The zero-order valence-corrected chi connectivity index (χ0v) is 14.4. The maximum atomic E-state index is 12.2. The second kappa shape index (κ2) is 8.19. The molecule has 0 bridgehead atoms. The van der Waals surface area contributed by atoms with Crippen LogP contribution in [0.4, 0.5) is 4.79 Å². The number of hydrogen-bond acceptors (Lipinski definition) is 3. The third-order valence-corrected chi connectivity index (χ3v) is 4.11. The zero-order chi connectivity index (χ0) is 16.8. The lowest BCUT2D eigenvalue weighted by Gasteiger charge is -2.33. The second-order valence-electron chi connectivity index (χ2n) is 6.03. The Morgan fingerprint density at radius 3 is 2.91 bits per heavy atom. The number of rotatable bonds is 5. The Morgan fingerprint density at radius 1 is 1.48 bits per heavy atom. The lowest BCUT2D eigenvalue weighted by molar-refractivity contribution is -0.126. The Balaban J connectivity index is 1.71. The lowest BCUT2D eigenvalue weighted by Crippen LogP contribution is -2.48. The monoisotopic (exact) mass is 341 g/mol. The van der Waals surface area contributed by atoms with Gasteiger partial charge in [-0.1, -0.05) is 11.6 Å². The number of urea groups is 1. The van der Waals surface area contributed by atoms with Crippen LogP contribution in [0.25, 0.3) is 0 Å². The first-order chi connectivity index (χ1) is 11.0. The predicted molar refractivity (Wildman–Crippen MR) is 88.2 cm³/mol. The van der Waals surface area contributed by atoms with Gasteiger partial charge in [0.25, 0.3) is 0 Å². The maximum absolute atomic E-state index is 12.2. The third-order valence-electron chi connectivity index (χ3n) is 3.91. The van der Waals surface area contributed by atoms with Gasteiger partial charge in [-0.3, -0.25) is 9.48 Å². The van der Waals surface area contributed by atoms with Crippen molar-refractivity contribution in [2.75, 3.05) is 33.7 Å². The molecule has 0 unspecified atom stereocenters. The van der Waals surface area contributed by atoms with Gasteiger partial charge in [-0.2, -0.15) is 5.10 Å². The van der Waals surface area contributed by atoms with Crippen LogP contribution in [-0.2, 0) is 11.3 Å². The van der Waals surface area contributed by atoms with Crippen LogP contribution in [0, 0.1) is 5.92 Å². The molecule has 0 radical (unpaired) electrons. The van der Waals surface area contributed by atoms with E-state index in [2.05, 4.69) is 10.4 Å². The topological polar surface area (TPSA) is 70.5 Å². The molecule has 1 aromatic heterocycles. The summed E-state index contributed by atoms with van der Waals surface area (Å²) in [6, 6.07) is -0.0296. The minimum Gasteiger partial charge on any atom is -0.356 e. The quantitative estimate of drug-likeness (QED) is 0.824. The van der Waals surface area contributed by atoms with Crippen molar-refractivity contribution in [3.63, 3.8) is 0 Å². The van der Waals surface area contributed by atoms with Crippen molar-refractivity contribution in [3.05, 3.63) is 17.4 Å². The number of hydrogen-bond donors (Lipinski definition) is 1. The van der Waals surface area contributed by atoms with Crippen LogP contribution in [-0.4, -0.2) is 65.2 Å². The minimum absolute atomic E-state index is 0.0275. The number of halogens is 1. The zero-order valence-electron chi connectivity index (χ0n) is 13.7. The molecule has 1 saturated heterocycles. The van der Waals surface area contributed by atoms with Crippen molar-refractivity contribution >= 4 is 23.5 Å². The molecular formula is C15H24ClN5O2. The minimum atomic E-state index is -0.119. The van der Waals surface area contributed by atoms with Crippen molar-refractivity contribution < 1.29 is 9.59 Å². The Labute approximate surface area is 141 Å². The Kier molecular flexibility index (Phi) is 6.27.